The lowest BCUT2D eigenvalue weighted by Crippen LogP contribution is -2.23. The molecule has 5 nitrogen and oxygen atoms in total. The highest BCUT2D eigenvalue weighted by molar-refractivity contribution is 7.98. The summed E-state index contributed by atoms with van der Waals surface area (Å²) in [5.41, 5.74) is 8.35. The number of carbonyl (C=O) groups excluding carboxylic acids is 1. The number of hydrogen-bond acceptors (Lipinski definition) is 4. The molecule has 3 aromatic carbocycles. The van der Waals surface area contributed by atoms with Crippen molar-refractivity contribution in [1.29, 1.82) is 0 Å². The van der Waals surface area contributed by atoms with Crippen molar-refractivity contribution in [2.45, 2.75) is 37.8 Å². The van der Waals surface area contributed by atoms with Crippen LogP contribution in [0.3, 0.4) is 0 Å². The number of pyridine rings is 1. The number of amides is 1. The van der Waals surface area contributed by atoms with Crippen molar-refractivity contribution in [3.05, 3.63) is 125 Å². The Labute approximate surface area is 215 Å². The van der Waals surface area contributed by atoms with Crippen LogP contribution in [0.5, 0.6) is 0 Å². The third-order valence-electron chi connectivity index (χ3n) is 6.21. The maximum absolute atomic E-state index is 12.6. The lowest BCUT2D eigenvalue weighted by Gasteiger charge is -2.10. The summed E-state index contributed by atoms with van der Waals surface area (Å²) < 4.78 is 2.18. The highest BCUT2D eigenvalue weighted by Crippen LogP contribution is 2.27. The van der Waals surface area contributed by atoms with E-state index in [1.807, 2.05) is 60.8 Å². The molecule has 0 radical (unpaired) electrons. The minimum Gasteiger partial charge on any atom is -0.348 e. The lowest BCUT2D eigenvalue weighted by molar-refractivity contribution is 0.0951. The Morgan fingerprint density at radius 2 is 1.64 bits per heavy atom. The summed E-state index contributed by atoms with van der Waals surface area (Å²) in [6.07, 6.45) is 1.81. The van der Waals surface area contributed by atoms with Gasteiger partial charge in [-0.05, 0) is 60.4 Å². The summed E-state index contributed by atoms with van der Waals surface area (Å²) in [7, 11) is 0. The van der Waals surface area contributed by atoms with Crippen LogP contribution in [0.25, 0.3) is 11.2 Å². The summed E-state index contributed by atoms with van der Waals surface area (Å²) >= 11 is 1.68. The number of fused-ring (bicyclic) bond motifs is 1. The minimum atomic E-state index is -0.0663. The van der Waals surface area contributed by atoms with E-state index in [1.54, 1.807) is 11.8 Å². The van der Waals surface area contributed by atoms with Crippen molar-refractivity contribution in [3.8, 4) is 0 Å². The molecule has 0 fully saturated rings. The molecule has 2 aromatic heterocycles. The average molecular weight is 493 g/mol. The van der Waals surface area contributed by atoms with E-state index in [2.05, 4.69) is 59.0 Å². The molecule has 180 valence electrons. The van der Waals surface area contributed by atoms with Crippen LogP contribution in [-0.2, 0) is 18.8 Å². The summed E-state index contributed by atoms with van der Waals surface area (Å²) in [5, 5.41) is 3.95. The Hall–Kier alpha value is -3.90. The molecule has 36 heavy (non-hydrogen) atoms. The molecule has 0 bridgehead atoms. The van der Waals surface area contributed by atoms with Gasteiger partial charge in [-0.2, -0.15) is 0 Å². The van der Waals surface area contributed by atoms with Gasteiger partial charge in [-0.15, -0.1) is 0 Å². The first-order valence-electron chi connectivity index (χ1n) is 12.0. The number of nitrogens with one attached hydrogen (secondary N) is 1. The topological polar surface area (TPSA) is 59.8 Å². The first kappa shape index (κ1) is 23.8. The Morgan fingerprint density at radius 1 is 0.889 bits per heavy atom. The normalized spacial score (nSPS) is 11.1. The first-order valence-corrected chi connectivity index (χ1v) is 13.0. The maximum Gasteiger partial charge on any atom is 0.251 e. The molecule has 5 rings (SSSR count). The van der Waals surface area contributed by atoms with Crippen LogP contribution in [0.15, 0.2) is 96.3 Å². The number of aryl methyl sites for hydroxylation is 2. The number of nitrogens with zero attached hydrogens (tertiary/aromatic N) is 3. The van der Waals surface area contributed by atoms with Crippen LogP contribution in [-0.4, -0.2) is 20.4 Å². The zero-order valence-electron chi connectivity index (χ0n) is 20.4. The van der Waals surface area contributed by atoms with Crippen LogP contribution in [0.2, 0.25) is 0 Å². The van der Waals surface area contributed by atoms with E-state index in [9.17, 15) is 4.79 Å². The molecular weight excluding hydrogens is 464 g/mol. The maximum atomic E-state index is 12.6. The number of thioether (sulfide) groups is 1. The largest absolute Gasteiger partial charge is 0.348 e. The monoisotopic (exact) mass is 492 g/mol. The second-order valence-corrected chi connectivity index (χ2v) is 9.85. The van der Waals surface area contributed by atoms with Crippen molar-refractivity contribution < 1.29 is 4.79 Å². The quantitative estimate of drug-likeness (QED) is 0.258. The summed E-state index contributed by atoms with van der Waals surface area (Å²) in [4.78, 5) is 22.1. The third kappa shape index (κ3) is 5.50. The van der Waals surface area contributed by atoms with E-state index in [0.29, 0.717) is 12.1 Å². The van der Waals surface area contributed by atoms with Gasteiger partial charge in [0.25, 0.3) is 5.91 Å². The van der Waals surface area contributed by atoms with Crippen LogP contribution in [0, 0.1) is 13.8 Å². The lowest BCUT2D eigenvalue weighted by atomic mass is 10.1. The van der Waals surface area contributed by atoms with Gasteiger partial charge in [0, 0.05) is 24.1 Å². The molecule has 0 aliphatic heterocycles. The molecule has 2 heterocycles. The molecule has 0 aliphatic rings. The first-order chi connectivity index (χ1) is 17.6. The predicted molar refractivity (Wildman–Crippen MR) is 146 cm³/mol. The Bertz CT molecular complexity index is 1490. The van der Waals surface area contributed by atoms with Crippen LogP contribution in [0.4, 0.5) is 0 Å². The Morgan fingerprint density at radius 3 is 2.42 bits per heavy atom. The van der Waals surface area contributed by atoms with Crippen molar-refractivity contribution in [2.24, 2.45) is 0 Å². The summed E-state index contributed by atoms with van der Waals surface area (Å²) in [6, 6.07) is 28.4. The van der Waals surface area contributed by atoms with E-state index in [4.69, 9.17) is 4.98 Å². The molecule has 0 atom stereocenters. The number of carbonyl (C=O) groups is 1. The minimum absolute atomic E-state index is 0.0663. The van der Waals surface area contributed by atoms with Gasteiger partial charge in [0.05, 0.1) is 6.54 Å². The zero-order chi connectivity index (χ0) is 24.9. The number of rotatable bonds is 8. The molecule has 0 saturated carbocycles. The van der Waals surface area contributed by atoms with Crippen LogP contribution in [0.1, 0.15) is 38.2 Å². The number of aromatic nitrogens is 3. The zero-order valence-corrected chi connectivity index (χ0v) is 21.3. The van der Waals surface area contributed by atoms with Gasteiger partial charge in [-0.1, -0.05) is 78.0 Å². The van der Waals surface area contributed by atoms with Gasteiger partial charge in [0.2, 0.25) is 0 Å². The van der Waals surface area contributed by atoms with Crippen LogP contribution < -0.4 is 5.32 Å². The van der Waals surface area contributed by atoms with Crippen molar-refractivity contribution in [1.82, 2.24) is 19.9 Å². The molecule has 0 saturated heterocycles. The van der Waals surface area contributed by atoms with E-state index in [1.165, 1.54) is 16.7 Å². The number of benzene rings is 3. The summed E-state index contributed by atoms with van der Waals surface area (Å²) in [6.45, 7) is 5.39. The molecule has 1 N–H and O–H groups in total. The van der Waals surface area contributed by atoms with Crippen LogP contribution >= 0.6 is 11.8 Å². The number of imidazole rings is 1. The predicted octanol–water partition coefficient (Wildman–Crippen LogP) is 6.32. The van der Waals surface area contributed by atoms with E-state index < -0.39 is 0 Å². The van der Waals surface area contributed by atoms with Crippen molar-refractivity contribution in [3.63, 3.8) is 0 Å². The molecular formula is C30H28N4OS. The number of hydrogen-bond donors (Lipinski definition) is 1. The van der Waals surface area contributed by atoms with E-state index in [-0.39, 0.29) is 5.91 Å². The van der Waals surface area contributed by atoms with E-state index in [0.717, 1.165) is 39.7 Å². The molecule has 1 amide bonds. The fourth-order valence-electron chi connectivity index (χ4n) is 4.05. The SMILES string of the molecule is Cc1ccc(Cn2c(SCc3ccc(C(=O)NCc4ccccc4C)cc3)nc3cccnc32)cc1. The average Bonchev–Trinajstić information content (AvgIpc) is 3.25. The van der Waals surface area contributed by atoms with Gasteiger partial charge in [-0.3, -0.25) is 9.36 Å². The van der Waals surface area contributed by atoms with Gasteiger partial charge < -0.3 is 5.32 Å². The van der Waals surface area contributed by atoms with Crippen molar-refractivity contribution in [2.75, 3.05) is 0 Å². The highest BCUT2D eigenvalue weighted by Gasteiger charge is 2.13. The highest BCUT2D eigenvalue weighted by atomic mass is 32.2. The van der Waals surface area contributed by atoms with Gasteiger partial charge in [0.15, 0.2) is 10.8 Å². The second kappa shape index (κ2) is 10.8. The molecule has 0 aliphatic carbocycles. The standard InChI is InChI=1S/C30H28N4OS/c1-21-9-11-23(12-10-21)19-34-28-27(8-5-17-31-28)33-30(34)36-20-24-13-15-25(16-14-24)29(35)32-18-26-7-4-3-6-22(26)2/h3-17H,18-20H2,1-2H3,(H,32,35). The van der Waals surface area contributed by atoms with Crippen molar-refractivity contribution >= 4 is 28.8 Å². The van der Waals surface area contributed by atoms with E-state index >= 15 is 0 Å². The fraction of sp³-hybridized carbons (Fsp3) is 0.167. The second-order valence-electron chi connectivity index (χ2n) is 8.91. The van der Waals surface area contributed by atoms with Gasteiger partial charge in [0.1, 0.15) is 5.52 Å². The molecule has 5 aromatic rings. The molecule has 0 unspecified atom stereocenters. The van der Waals surface area contributed by atoms with Gasteiger partial charge >= 0.3 is 0 Å². The molecule has 6 heteroatoms. The molecule has 0 spiro atoms. The summed E-state index contributed by atoms with van der Waals surface area (Å²) in [5.74, 6) is 0.686. The Kier molecular flexibility index (Phi) is 7.14. The fourth-order valence-corrected chi connectivity index (χ4v) is 5.01. The van der Waals surface area contributed by atoms with Gasteiger partial charge in [-0.25, -0.2) is 9.97 Å². The smallest absolute Gasteiger partial charge is 0.251 e. The Balaban J connectivity index is 1.26. The third-order valence-corrected chi connectivity index (χ3v) is 7.26.